The average Bonchev–Trinajstić information content (AvgIpc) is 2.60. The normalized spacial score (nSPS) is 20.2. The van der Waals surface area contributed by atoms with Crippen molar-refractivity contribution in [1.82, 2.24) is 5.06 Å². The highest BCUT2D eigenvalue weighted by Gasteiger charge is 2.33. The molecule has 5 heteroatoms. The van der Waals surface area contributed by atoms with Gasteiger partial charge in [0.15, 0.2) is 0 Å². The summed E-state index contributed by atoms with van der Waals surface area (Å²) in [6.07, 6.45) is 0. The van der Waals surface area contributed by atoms with E-state index in [2.05, 4.69) is 0 Å². The number of nitrogens with zero attached hydrogens (tertiary/aromatic N) is 1. The van der Waals surface area contributed by atoms with E-state index in [0.29, 0.717) is 11.1 Å². The summed E-state index contributed by atoms with van der Waals surface area (Å²) in [5.41, 5.74) is 6.26. The van der Waals surface area contributed by atoms with Crippen molar-refractivity contribution in [3.05, 3.63) is 35.4 Å². The van der Waals surface area contributed by atoms with Crippen molar-refractivity contribution < 1.29 is 14.4 Å². The lowest BCUT2D eigenvalue weighted by Gasteiger charge is -2.10. The standard InChI is InChI=1S/C11H12N2O3/c1-13-11(15)9(6-16-13)7-4-2-3-5-8(7)10(12)14/h2-5,9H,6H2,1H3,(H2,12,14)/t9-/m1/s1. The lowest BCUT2D eigenvalue weighted by atomic mass is 9.94. The fourth-order valence-corrected chi connectivity index (χ4v) is 1.79. The van der Waals surface area contributed by atoms with Crippen LogP contribution in [0.2, 0.25) is 0 Å². The minimum atomic E-state index is -0.530. The first-order valence-corrected chi connectivity index (χ1v) is 4.90. The zero-order valence-corrected chi connectivity index (χ0v) is 8.84. The number of nitrogens with two attached hydrogens (primary N) is 1. The van der Waals surface area contributed by atoms with Crippen LogP contribution >= 0.6 is 0 Å². The lowest BCUT2D eigenvalue weighted by molar-refractivity contribution is -0.154. The number of carbonyl (C=O) groups is 2. The Hall–Kier alpha value is -1.88. The topological polar surface area (TPSA) is 72.6 Å². The van der Waals surface area contributed by atoms with Crippen molar-refractivity contribution >= 4 is 11.8 Å². The maximum Gasteiger partial charge on any atom is 0.255 e. The van der Waals surface area contributed by atoms with Gasteiger partial charge in [0.1, 0.15) is 0 Å². The minimum absolute atomic E-state index is 0.159. The first-order valence-electron chi connectivity index (χ1n) is 4.90. The van der Waals surface area contributed by atoms with Crippen LogP contribution in [-0.4, -0.2) is 30.5 Å². The van der Waals surface area contributed by atoms with Gasteiger partial charge in [-0.15, -0.1) is 0 Å². The first kappa shape index (κ1) is 10.6. The third-order valence-corrected chi connectivity index (χ3v) is 2.64. The van der Waals surface area contributed by atoms with E-state index in [0.717, 1.165) is 0 Å². The molecule has 16 heavy (non-hydrogen) atoms. The molecule has 0 spiro atoms. The summed E-state index contributed by atoms with van der Waals surface area (Å²) in [6, 6.07) is 6.83. The van der Waals surface area contributed by atoms with Crippen LogP contribution in [0.15, 0.2) is 24.3 Å². The lowest BCUT2D eigenvalue weighted by Crippen LogP contribution is -2.23. The summed E-state index contributed by atoms with van der Waals surface area (Å²) < 4.78 is 0. The zero-order chi connectivity index (χ0) is 11.7. The molecule has 1 saturated heterocycles. The summed E-state index contributed by atoms with van der Waals surface area (Å²) in [7, 11) is 1.55. The predicted octanol–water partition coefficient (Wildman–Crippen LogP) is 0.273. The number of hydrogen-bond donors (Lipinski definition) is 1. The second kappa shape index (κ2) is 3.94. The van der Waals surface area contributed by atoms with Crippen LogP contribution in [-0.2, 0) is 9.63 Å². The predicted molar refractivity (Wildman–Crippen MR) is 56.4 cm³/mol. The number of hydrogen-bond acceptors (Lipinski definition) is 3. The monoisotopic (exact) mass is 220 g/mol. The molecule has 1 atom stereocenters. The van der Waals surface area contributed by atoms with E-state index >= 15 is 0 Å². The Kier molecular flexibility index (Phi) is 2.62. The Morgan fingerprint density at radius 1 is 1.50 bits per heavy atom. The van der Waals surface area contributed by atoms with Gasteiger partial charge in [0.25, 0.3) is 5.91 Å². The zero-order valence-electron chi connectivity index (χ0n) is 8.84. The Labute approximate surface area is 92.7 Å². The van der Waals surface area contributed by atoms with Crippen LogP contribution in [0, 0.1) is 0 Å². The molecule has 2 N–H and O–H groups in total. The Balaban J connectivity index is 2.41. The van der Waals surface area contributed by atoms with Crippen molar-refractivity contribution in [2.45, 2.75) is 5.92 Å². The fourth-order valence-electron chi connectivity index (χ4n) is 1.79. The number of benzene rings is 1. The number of amides is 2. The first-order chi connectivity index (χ1) is 7.61. The molecule has 84 valence electrons. The Bertz CT molecular complexity index is 445. The van der Waals surface area contributed by atoms with Gasteiger partial charge in [0.2, 0.25) is 5.91 Å². The van der Waals surface area contributed by atoms with E-state index < -0.39 is 11.8 Å². The van der Waals surface area contributed by atoms with E-state index in [4.69, 9.17) is 10.6 Å². The molecule has 1 heterocycles. The fraction of sp³-hybridized carbons (Fsp3) is 0.273. The SMILES string of the molecule is CN1OC[C@H](c2ccccc2C(N)=O)C1=O. The van der Waals surface area contributed by atoms with Crippen LogP contribution in [0.25, 0.3) is 0 Å². The second-order valence-electron chi connectivity index (χ2n) is 3.64. The third-order valence-electron chi connectivity index (χ3n) is 2.64. The van der Waals surface area contributed by atoms with Gasteiger partial charge in [-0.05, 0) is 11.6 Å². The number of likely N-dealkylation sites (N-methyl/N-ethyl adjacent to an activating group) is 1. The molecule has 1 aliphatic rings. The summed E-state index contributed by atoms with van der Waals surface area (Å²) in [5.74, 6) is -1.12. The highest BCUT2D eigenvalue weighted by atomic mass is 16.7. The van der Waals surface area contributed by atoms with E-state index in [-0.39, 0.29) is 12.5 Å². The van der Waals surface area contributed by atoms with Crippen molar-refractivity contribution in [1.29, 1.82) is 0 Å². The summed E-state index contributed by atoms with van der Waals surface area (Å²) in [4.78, 5) is 28.1. The molecule has 1 aliphatic heterocycles. The highest BCUT2D eigenvalue weighted by Crippen LogP contribution is 2.26. The van der Waals surface area contributed by atoms with Gasteiger partial charge in [-0.1, -0.05) is 18.2 Å². The van der Waals surface area contributed by atoms with Crippen molar-refractivity contribution in [3.8, 4) is 0 Å². The Morgan fingerprint density at radius 2 is 2.19 bits per heavy atom. The van der Waals surface area contributed by atoms with E-state index in [1.165, 1.54) is 5.06 Å². The van der Waals surface area contributed by atoms with Gasteiger partial charge in [0.05, 0.1) is 12.5 Å². The number of rotatable bonds is 2. The average molecular weight is 220 g/mol. The largest absolute Gasteiger partial charge is 0.366 e. The van der Waals surface area contributed by atoms with Crippen LogP contribution in [0.4, 0.5) is 0 Å². The summed E-state index contributed by atoms with van der Waals surface area (Å²) >= 11 is 0. The van der Waals surface area contributed by atoms with Gasteiger partial charge in [0, 0.05) is 12.6 Å². The molecule has 2 amide bonds. The highest BCUT2D eigenvalue weighted by molar-refractivity contribution is 5.97. The van der Waals surface area contributed by atoms with Gasteiger partial charge >= 0.3 is 0 Å². The van der Waals surface area contributed by atoms with Crippen LogP contribution in [0.5, 0.6) is 0 Å². The van der Waals surface area contributed by atoms with Crippen molar-refractivity contribution in [3.63, 3.8) is 0 Å². The number of hydroxylamine groups is 2. The van der Waals surface area contributed by atoms with Crippen LogP contribution in [0.3, 0.4) is 0 Å². The van der Waals surface area contributed by atoms with Gasteiger partial charge in [-0.2, -0.15) is 0 Å². The van der Waals surface area contributed by atoms with Crippen molar-refractivity contribution in [2.24, 2.45) is 5.73 Å². The Morgan fingerprint density at radius 3 is 2.75 bits per heavy atom. The van der Waals surface area contributed by atoms with E-state index in [1.807, 2.05) is 0 Å². The molecule has 0 bridgehead atoms. The molecule has 0 saturated carbocycles. The minimum Gasteiger partial charge on any atom is -0.366 e. The summed E-state index contributed by atoms with van der Waals surface area (Å²) in [6.45, 7) is 0.250. The third kappa shape index (κ3) is 1.65. The van der Waals surface area contributed by atoms with Gasteiger partial charge in [-0.25, -0.2) is 5.06 Å². The summed E-state index contributed by atoms with van der Waals surface area (Å²) in [5, 5.41) is 1.18. The number of primary amides is 1. The molecule has 1 fully saturated rings. The molecular formula is C11H12N2O3. The molecule has 0 aromatic heterocycles. The smallest absolute Gasteiger partial charge is 0.255 e. The molecule has 0 aliphatic carbocycles. The van der Waals surface area contributed by atoms with E-state index in [1.54, 1.807) is 31.3 Å². The quantitative estimate of drug-likeness (QED) is 0.777. The molecule has 1 aromatic carbocycles. The molecule has 5 nitrogen and oxygen atoms in total. The van der Waals surface area contributed by atoms with E-state index in [9.17, 15) is 9.59 Å². The molecule has 1 aromatic rings. The van der Waals surface area contributed by atoms with Crippen LogP contribution < -0.4 is 5.73 Å². The van der Waals surface area contributed by atoms with Crippen molar-refractivity contribution in [2.75, 3.05) is 13.7 Å². The molecule has 0 unspecified atom stereocenters. The maximum absolute atomic E-state index is 11.7. The molecule has 0 radical (unpaired) electrons. The van der Waals surface area contributed by atoms with Crippen LogP contribution in [0.1, 0.15) is 21.8 Å². The van der Waals surface area contributed by atoms with Gasteiger partial charge in [-0.3, -0.25) is 14.4 Å². The maximum atomic E-state index is 11.7. The molecular weight excluding hydrogens is 208 g/mol. The number of carbonyl (C=O) groups excluding carboxylic acids is 2. The molecule has 2 rings (SSSR count). The second-order valence-corrected chi connectivity index (χ2v) is 3.64. The van der Waals surface area contributed by atoms with Gasteiger partial charge < -0.3 is 5.73 Å².